The van der Waals surface area contributed by atoms with Gasteiger partial charge in [-0.3, -0.25) is 0 Å². The number of hydrogen-bond donors (Lipinski definition) is 1. The summed E-state index contributed by atoms with van der Waals surface area (Å²) in [5.41, 5.74) is 7.23. The maximum Gasteiger partial charge on any atom is 0.420 e. The number of carbonyl (C=O) groups excluding carboxylic acids is 2. The minimum Gasteiger partial charge on any atom is -0.461 e. The topological polar surface area (TPSA) is 83.5 Å². The van der Waals surface area contributed by atoms with Crippen LogP contribution in [0.1, 0.15) is 36.8 Å². The van der Waals surface area contributed by atoms with Gasteiger partial charge in [0.1, 0.15) is 11.3 Å². The molecular formula is C15H16N2O4. The van der Waals surface area contributed by atoms with Gasteiger partial charge in [-0.15, -0.1) is 0 Å². The van der Waals surface area contributed by atoms with E-state index in [2.05, 4.69) is 0 Å². The molecule has 0 fully saturated rings. The molecule has 1 aliphatic heterocycles. The molecule has 0 aliphatic carbocycles. The minimum absolute atomic E-state index is 0.152. The lowest BCUT2D eigenvalue weighted by atomic mass is 9.94. The third-order valence-corrected chi connectivity index (χ3v) is 3.58. The Morgan fingerprint density at radius 2 is 2.10 bits per heavy atom. The fourth-order valence-corrected chi connectivity index (χ4v) is 2.69. The van der Waals surface area contributed by atoms with Crippen molar-refractivity contribution < 1.29 is 19.1 Å². The molecule has 0 unspecified atom stereocenters. The van der Waals surface area contributed by atoms with E-state index in [9.17, 15) is 9.59 Å². The van der Waals surface area contributed by atoms with E-state index in [0.29, 0.717) is 11.2 Å². The summed E-state index contributed by atoms with van der Waals surface area (Å²) >= 11 is 0. The largest absolute Gasteiger partial charge is 0.461 e. The molecule has 2 heterocycles. The summed E-state index contributed by atoms with van der Waals surface area (Å²) in [5.74, 6) is -0.560. The van der Waals surface area contributed by atoms with Crippen molar-refractivity contribution in [3.05, 3.63) is 29.5 Å². The first-order valence-corrected chi connectivity index (χ1v) is 6.71. The second-order valence-electron chi connectivity index (χ2n) is 5.47. The summed E-state index contributed by atoms with van der Waals surface area (Å²) in [6.45, 7) is 5.52. The Kier molecular flexibility index (Phi) is 2.73. The molecule has 1 aromatic carbocycles. The van der Waals surface area contributed by atoms with Gasteiger partial charge in [-0.1, -0.05) is 0 Å². The summed E-state index contributed by atoms with van der Waals surface area (Å²) in [6, 6.07) is 5.10. The van der Waals surface area contributed by atoms with Crippen molar-refractivity contribution in [2.75, 3.05) is 12.3 Å². The molecule has 6 nitrogen and oxygen atoms in total. The molecule has 1 aliphatic rings. The number of nitrogen functional groups attached to an aromatic ring is 1. The van der Waals surface area contributed by atoms with Crippen LogP contribution in [0.4, 0.5) is 10.5 Å². The molecule has 6 heteroatoms. The summed E-state index contributed by atoms with van der Waals surface area (Å²) in [4.78, 5) is 24.3. The second kappa shape index (κ2) is 4.25. The zero-order chi connectivity index (χ0) is 15.4. The van der Waals surface area contributed by atoms with Crippen LogP contribution in [0.2, 0.25) is 0 Å². The van der Waals surface area contributed by atoms with Crippen molar-refractivity contribution in [1.29, 1.82) is 0 Å². The highest BCUT2D eigenvalue weighted by Gasteiger charge is 2.38. The SMILES string of the molecule is CCOC(=O)c1cc2cc(N)cc3c2n1C(=O)OC3(C)C. The zero-order valence-corrected chi connectivity index (χ0v) is 12.1. The fraction of sp³-hybridized carbons (Fsp3) is 0.333. The van der Waals surface area contributed by atoms with Crippen molar-refractivity contribution in [2.45, 2.75) is 26.4 Å². The quantitative estimate of drug-likeness (QED) is 0.678. The van der Waals surface area contributed by atoms with Crippen molar-refractivity contribution in [3.8, 4) is 0 Å². The third kappa shape index (κ3) is 1.86. The molecule has 0 saturated carbocycles. The lowest BCUT2D eigenvalue weighted by Gasteiger charge is -2.31. The van der Waals surface area contributed by atoms with Gasteiger partial charge in [0.05, 0.1) is 12.1 Å². The van der Waals surface area contributed by atoms with E-state index in [-0.39, 0.29) is 12.3 Å². The average Bonchev–Trinajstić information content (AvgIpc) is 2.75. The molecule has 21 heavy (non-hydrogen) atoms. The van der Waals surface area contributed by atoms with Crippen molar-refractivity contribution in [3.63, 3.8) is 0 Å². The van der Waals surface area contributed by atoms with Gasteiger partial charge < -0.3 is 15.2 Å². The lowest BCUT2D eigenvalue weighted by Crippen LogP contribution is -2.35. The summed E-state index contributed by atoms with van der Waals surface area (Å²) in [5, 5.41) is 0.720. The molecule has 0 amide bonds. The summed E-state index contributed by atoms with van der Waals surface area (Å²) in [6.07, 6.45) is -0.588. The van der Waals surface area contributed by atoms with Crippen LogP contribution in [-0.4, -0.2) is 23.2 Å². The molecule has 0 radical (unpaired) electrons. The van der Waals surface area contributed by atoms with E-state index in [4.69, 9.17) is 15.2 Å². The van der Waals surface area contributed by atoms with Crippen molar-refractivity contribution >= 4 is 28.7 Å². The molecule has 1 aromatic heterocycles. The molecule has 0 atom stereocenters. The molecule has 3 rings (SSSR count). The highest BCUT2D eigenvalue weighted by atomic mass is 16.6. The highest BCUT2D eigenvalue weighted by molar-refractivity contribution is 6.04. The van der Waals surface area contributed by atoms with E-state index >= 15 is 0 Å². The fourth-order valence-electron chi connectivity index (χ4n) is 2.69. The van der Waals surface area contributed by atoms with E-state index in [0.717, 1.165) is 10.9 Å². The summed E-state index contributed by atoms with van der Waals surface area (Å²) < 4.78 is 11.7. The van der Waals surface area contributed by atoms with Gasteiger partial charge in [-0.2, -0.15) is 0 Å². The first-order valence-electron chi connectivity index (χ1n) is 6.71. The number of nitrogens with zero attached hydrogens (tertiary/aromatic N) is 1. The highest BCUT2D eigenvalue weighted by Crippen LogP contribution is 2.39. The molecule has 0 bridgehead atoms. The Morgan fingerprint density at radius 3 is 2.76 bits per heavy atom. The molecule has 0 spiro atoms. The van der Waals surface area contributed by atoms with Crippen LogP contribution in [0.25, 0.3) is 10.9 Å². The number of cyclic esters (lactones) is 1. The number of aromatic nitrogens is 1. The standard InChI is InChI=1S/C15H16N2O4/c1-4-20-13(18)11-6-8-5-9(16)7-10-12(8)17(11)14(19)21-15(10,2)3/h5-7H,4,16H2,1-3H3. The first-order chi connectivity index (χ1) is 9.85. The first kappa shape index (κ1) is 13.5. The maximum atomic E-state index is 12.3. The lowest BCUT2D eigenvalue weighted by molar-refractivity contribution is 0.0302. The zero-order valence-electron chi connectivity index (χ0n) is 12.1. The van der Waals surface area contributed by atoms with Crippen LogP contribution in [0.15, 0.2) is 18.2 Å². The second-order valence-corrected chi connectivity index (χ2v) is 5.47. The third-order valence-electron chi connectivity index (χ3n) is 3.58. The van der Waals surface area contributed by atoms with Crippen molar-refractivity contribution in [1.82, 2.24) is 4.57 Å². The summed E-state index contributed by atoms with van der Waals surface area (Å²) in [7, 11) is 0. The van der Waals surface area contributed by atoms with Crippen LogP contribution < -0.4 is 5.73 Å². The number of esters is 1. The number of nitrogens with two attached hydrogens (primary N) is 1. The molecular weight excluding hydrogens is 272 g/mol. The maximum absolute atomic E-state index is 12.3. The number of carbonyl (C=O) groups is 2. The smallest absolute Gasteiger partial charge is 0.420 e. The Morgan fingerprint density at radius 1 is 1.38 bits per heavy atom. The Balaban J connectivity index is 2.37. The van der Waals surface area contributed by atoms with Gasteiger partial charge >= 0.3 is 12.1 Å². The predicted octanol–water partition coefficient (Wildman–Crippen LogP) is 2.63. The van der Waals surface area contributed by atoms with Gasteiger partial charge in [-0.25, -0.2) is 14.2 Å². The van der Waals surface area contributed by atoms with Crippen LogP contribution in [0.5, 0.6) is 0 Å². The van der Waals surface area contributed by atoms with E-state index in [1.54, 1.807) is 39.0 Å². The Bertz CT molecular complexity index is 774. The van der Waals surface area contributed by atoms with Gasteiger partial charge in [0.15, 0.2) is 0 Å². The number of rotatable bonds is 2. The normalized spacial score (nSPS) is 15.9. The number of anilines is 1. The number of ether oxygens (including phenoxy) is 2. The van der Waals surface area contributed by atoms with Crippen LogP contribution in [-0.2, 0) is 15.1 Å². The van der Waals surface area contributed by atoms with Crippen LogP contribution >= 0.6 is 0 Å². The van der Waals surface area contributed by atoms with E-state index < -0.39 is 17.7 Å². The number of benzene rings is 1. The van der Waals surface area contributed by atoms with Gasteiger partial charge in [-0.05, 0) is 39.0 Å². The van der Waals surface area contributed by atoms with Crippen LogP contribution in [0, 0.1) is 0 Å². The Labute approximate surface area is 121 Å². The van der Waals surface area contributed by atoms with Crippen LogP contribution in [0.3, 0.4) is 0 Å². The van der Waals surface area contributed by atoms with Gasteiger partial charge in [0.2, 0.25) is 0 Å². The van der Waals surface area contributed by atoms with Crippen molar-refractivity contribution in [2.24, 2.45) is 0 Å². The molecule has 2 N–H and O–H groups in total. The Hall–Kier alpha value is -2.50. The predicted molar refractivity (Wildman–Crippen MR) is 77.2 cm³/mol. The molecule has 110 valence electrons. The molecule has 0 saturated heterocycles. The van der Waals surface area contributed by atoms with Gasteiger partial charge in [0, 0.05) is 16.6 Å². The minimum atomic E-state index is -0.801. The monoisotopic (exact) mass is 288 g/mol. The number of hydrogen-bond acceptors (Lipinski definition) is 5. The van der Waals surface area contributed by atoms with E-state index in [1.165, 1.54) is 4.57 Å². The average molecular weight is 288 g/mol. The van der Waals surface area contributed by atoms with E-state index in [1.807, 2.05) is 0 Å². The molecule has 2 aromatic rings. The van der Waals surface area contributed by atoms with Gasteiger partial charge in [0.25, 0.3) is 0 Å².